The Morgan fingerprint density at radius 1 is 1.20 bits per heavy atom. The van der Waals surface area contributed by atoms with Gasteiger partial charge in [0, 0.05) is 30.4 Å². The molecule has 1 aliphatic heterocycles. The van der Waals surface area contributed by atoms with Crippen LogP contribution in [0.25, 0.3) is 0 Å². The molecule has 9 nitrogen and oxygen atoms in total. The first-order chi connectivity index (χ1) is 16.5. The highest BCUT2D eigenvalue weighted by Gasteiger charge is 2.37. The molecule has 1 aromatic carbocycles. The molecule has 3 rings (SSSR count). The van der Waals surface area contributed by atoms with Crippen molar-refractivity contribution < 1.29 is 33.0 Å². The number of fused-ring (bicyclic) bond motifs is 1. The smallest absolute Gasteiger partial charge is 0.278 e. The van der Waals surface area contributed by atoms with Crippen LogP contribution in [0.1, 0.15) is 33.3 Å². The lowest BCUT2D eigenvalue weighted by Crippen LogP contribution is -2.60. The van der Waals surface area contributed by atoms with Crippen LogP contribution in [-0.4, -0.2) is 57.0 Å². The van der Waals surface area contributed by atoms with Crippen LogP contribution >= 0.6 is 0 Å². The van der Waals surface area contributed by atoms with E-state index < -0.39 is 82.5 Å². The number of nitrogens with one attached hydrogen (secondary N) is 1. The lowest BCUT2D eigenvalue weighted by molar-refractivity contribution is 0.0566. The van der Waals surface area contributed by atoms with Gasteiger partial charge in [0.25, 0.3) is 11.8 Å². The van der Waals surface area contributed by atoms with E-state index in [1.807, 2.05) is 0 Å². The molecule has 2 atom stereocenters. The molecule has 2 amide bonds. The molecule has 1 aliphatic rings. The van der Waals surface area contributed by atoms with E-state index in [9.17, 15) is 37.8 Å². The molecular formula is C23H23F3N4O5. The molecule has 3 N–H and O–H groups in total. The molecule has 35 heavy (non-hydrogen) atoms. The third kappa shape index (κ3) is 4.64. The number of halogens is 3. The number of hydrogen-bond acceptors (Lipinski definition) is 6. The van der Waals surface area contributed by atoms with Gasteiger partial charge < -0.3 is 20.4 Å². The minimum absolute atomic E-state index is 0.119. The highest BCUT2D eigenvalue weighted by atomic mass is 19.1. The second-order valence-corrected chi connectivity index (χ2v) is 7.76. The Morgan fingerprint density at radius 2 is 1.83 bits per heavy atom. The van der Waals surface area contributed by atoms with Gasteiger partial charge in [-0.05, 0) is 6.92 Å². The third-order valence-corrected chi connectivity index (χ3v) is 5.65. The van der Waals surface area contributed by atoms with Gasteiger partial charge in [-0.2, -0.15) is 0 Å². The summed E-state index contributed by atoms with van der Waals surface area (Å²) in [6, 6.07) is -0.416. The van der Waals surface area contributed by atoms with Crippen LogP contribution in [0.4, 0.5) is 13.2 Å². The maximum absolute atomic E-state index is 13.9. The van der Waals surface area contributed by atoms with Crippen molar-refractivity contribution in [1.82, 2.24) is 14.9 Å². The normalized spacial score (nSPS) is 14.8. The molecule has 2 aromatic rings. The summed E-state index contributed by atoms with van der Waals surface area (Å²) in [6.07, 6.45) is 3.85. The average molecular weight is 492 g/mol. The zero-order chi connectivity index (χ0) is 26.0. The van der Waals surface area contributed by atoms with Crippen molar-refractivity contribution >= 4 is 11.8 Å². The fourth-order valence-corrected chi connectivity index (χ4v) is 3.58. The van der Waals surface area contributed by atoms with Crippen LogP contribution in [0.3, 0.4) is 0 Å². The predicted octanol–water partition coefficient (Wildman–Crippen LogP) is 1.37. The molecule has 186 valence electrons. The molecule has 0 aliphatic carbocycles. The van der Waals surface area contributed by atoms with Crippen molar-refractivity contribution in [3.05, 3.63) is 88.1 Å². The van der Waals surface area contributed by atoms with Gasteiger partial charge in [-0.25, -0.2) is 13.2 Å². The van der Waals surface area contributed by atoms with Crippen LogP contribution in [0, 0.1) is 17.5 Å². The maximum Gasteiger partial charge on any atom is 0.278 e. The van der Waals surface area contributed by atoms with Crippen molar-refractivity contribution in [2.24, 2.45) is 0 Å². The monoisotopic (exact) mass is 492 g/mol. The lowest BCUT2D eigenvalue weighted by Gasteiger charge is -2.44. The number of nitrogens with zero attached hydrogens (tertiary/aromatic N) is 3. The molecule has 0 radical (unpaired) electrons. The zero-order valence-corrected chi connectivity index (χ0v) is 18.7. The topological polar surface area (TPSA) is 115 Å². The van der Waals surface area contributed by atoms with Crippen LogP contribution in [-0.2, 0) is 6.54 Å². The number of carbonyl (C=O) groups excluding carboxylic acids is 2. The molecule has 12 heteroatoms. The Hall–Kier alpha value is -4.06. The number of rotatable bonds is 8. The lowest BCUT2D eigenvalue weighted by atomic mass is 10.1. The molecule has 0 fully saturated rings. The van der Waals surface area contributed by atoms with E-state index in [0.717, 1.165) is 10.9 Å². The number of aromatic nitrogens is 1. The fraction of sp³-hybridized carbons (Fsp3) is 0.261. The second-order valence-electron chi connectivity index (χ2n) is 7.76. The first-order valence-corrected chi connectivity index (χ1v) is 10.4. The fourth-order valence-electron chi connectivity index (χ4n) is 3.58. The van der Waals surface area contributed by atoms with E-state index in [4.69, 9.17) is 0 Å². The minimum Gasteiger partial charge on any atom is -0.502 e. The van der Waals surface area contributed by atoms with E-state index in [-0.39, 0.29) is 6.67 Å². The first kappa shape index (κ1) is 25.6. The summed E-state index contributed by atoms with van der Waals surface area (Å²) in [6.45, 7) is 7.67. The Bertz CT molecular complexity index is 1240. The number of aliphatic hydroxyl groups is 1. The van der Waals surface area contributed by atoms with Crippen molar-refractivity contribution in [3.8, 4) is 5.75 Å². The Kier molecular flexibility index (Phi) is 7.34. The zero-order valence-electron chi connectivity index (χ0n) is 18.7. The van der Waals surface area contributed by atoms with Crippen molar-refractivity contribution in [2.75, 3.05) is 18.3 Å². The van der Waals surface area contributed by atoms with E-state index >= 15 is 0 Å². The Balaban J connectivity index is 2.04. The minimum atomic E-state index is -1.23. The highest BCUT2D eigenvalue weighted by molar-refractivity contribution is 5.99. The van der Waals surface area contributed by atoms with Crippen LogP contribution < -0.4 is 15.8 Å². The van der Waals surface area contributed by atoms with Gasteiger partial charge >= 0.3 is 0 Å². The molecular weight excluding hydrogens is 469 g/mol. The average Bonchev–Trinajstić information content (AvgIpc) is 2.81. The highest BCUT2D eigenvalue weighted by Crippen LogP contribution is 2.24. The molecule has 0 saturated carbocycles. The second kappa shape index (κ2) is 10.1. The summed E-state index contributed by atoms with van der Waals surface area (Å²) < 4.78 is 42.0. The molecule has 2 heterocycles. The van der Waals surface area contributed by atoms with Gasteiger partial charge in [0.15, 0.2) is 11.4 Å². The third-order valence-electron chi connectivity index (χ3n) is 5.65. The number of hydrogen-bond donors (Lipinski definition) is 3. The van der Waals surface area contributed by atoms with Gasteiger partial charge in [0.1, 0.15) is 29.7 Å². The molecule has 0 saturated heterocycles. The number of pyridine rings is 1. The van der Waals surface area contributed by atoms with E-state index in [1.165, 1.54) is 22.1 Å². The summed E-state index contributed by atoms with van der Waals surface area (Å²) in [5, 5.41) is 23.9. The number of aliphatic hydroxyl groups excluding tert-OH is 1. The maximum atomic E-state index is 13.9. The van der Waals surface area contributed by atoms with Gasteiger partial charge in [-0.15, -0.1) is 13.2 Å². The molecule has 0 spiro atoms. The number of carbonyl (C=O) groups is 2. The quantitative estimate of drug-likeness (QED) is 0.480. The number of amides is 2. The van der Waals surface area contributed by atoms with Crippen molar-refractivity contribution in [3.63, 3.8) is 0 Å². The van der Waals surface area contributed by atoms with Crippen LogP contribution in [0.15, 0.2) is 48.4 Å². The summed E-state index contributed by atoms with van der Waals surface area (Å²) in [4.78, 5) is 39.8. The van der Waals surface area contributed by atoms with Gasteiger partial charge in [0.2, 0.25) is 5.43 Å². The largest absolute Gasteiger partial charge is 0.502 e. The van der Waals surface area contributed by atoms with Crippen molar-refractivity contribution in [2.45, 2.75) is 25.6 Å². The van der Waals surface area contributed by atoms with E-state index in [0.29, 0.717) is 12.1 Å². The summed E-state index contributed by atoms with van der Waals surface area (Å²) in [5.41, 5.74) is -2.90. The van der Waals surface area contributed by atoms with E-state index in [1.54, 1.807) is 6.92 Å². The number of benzene rings is 1. The first-order valence-electron chi connectivity index (χ1n) is 10.4. The van der Waals surface area contributed by atoms with Crippen LogP contribution in [0.2, 0.25) is 0 Å². The van der Waals surface area contributed by atoms with Gasteiger partial charge in [-0.3, -0.25) is 24.1 Å². The Morgan fingerprint density at radius 3 is 2.37 bits per heavy atom. The summed E-state index contributed by atoms with van der Waals surface area (Å²) in [5.74, 6) is -6.52. The number of aromatic hydroxyl groups is 1. The van der Waals surface area contributed by atoms with E-state index in [2.05, 4.69) is 18.5 Å². The molecule has 1 unspecified atom stereocenters. The van der Waals surface area contributed by atoms with Crippen molar-refractivity contribution in [1.29, 1.82) is 0 Å². The summed E-state index contributed by atoms with van der Waals surface area (Å²) >= 11 is 0. The standard InChI is InChI=1S/C23H23F3N4O5/c1-4-12(3)30-11-28(14(5-2)10-31)23(35)19-21(33)20(32)16(9-29(19)30)22(34)27-8-15-17(25)6-13(24)7-18(15)26/h4-7,9,12,14,31,33H,1-2,8,10-11H2,3H3,(H,27,34)/t12?,14-/m1/s1. The SMILES string of the molecule is C=CC(C)N1CN([C@H](C=C)CO)C(=O)c2c(O)c(=O)c(C(=O)NCc3c(F)cc(F)cc3F)cn21. The van der Waals surface area contributed by atoms with Gasteiger partial charge in [-0.1, -0.05) is 12.2 Å². The molecule has 0 bridgehead atoms. The van der Waals surface area contributed by atoms with Crippen LogP contribution in [0.5, 0.6) is 5.75 Å². The van der Waals surface area contributed by atoms with Gasteiger partial charge in [0.05, 0.1) is 18.7 Å². The summed E-state index contributed by atoms with van der Waals surface area (Å²) in [7, 11) is 0. The Labute approximate surface area is 198 Å². The predicted molar refractivity (Wildman–Crippen MR) is 120 cm³/mol. The molecule has 1 aromatic heterocycles.